The molecule has 0 rings (SSSR count). The van der Waals surface area contributed by atoms with Crippen LogP contribution in [0.4, 0.5) is 0 Å². The number of hydrogen-bond acceptors (Lipinski definition) is 1. The molecular weight excluding hydrogens is 88.1 g/mol. The van der Waals surface area contributed by atoms with E-state index in [9.17, 15) is 0 Å². The Bertz CT molecular complexity index is 44.5. The second kappa shape index (κ2) is 2.28. The Morgan fingerprint density at radius 1 is 1.29 bits per heavy atom. The maximum Gasteiger partial charge on any atom is 0.0853 e. The van der Waals surface area contributed by atoms with E-state index in [-0.39, 0.29) is 0 Å². The smallest absolute Gasteiger partial charge is 0.0853 e. The number of quaternary nitrogens is 1. The zero-order chi connectivity index (χ0) is 5.91. The molecule has 1 N–H and O–H groups in total. The van der Waals surface area contributed by atoms with Crippen molar-refractivity contribution in [2.45, 2.75) is 6.92 Å². The fourth-order valence-electron chi connectivity index (χ4n) is 0.474. The molecular formula is C5H15N2+. The first-order valence-corrected chi connectivity index (χ1v) is 2.63. The van der Waals surface area contributed by atoms with E-state index in [1.807, 2.05) is 0 Å². The molecule has 0 bridgehead atoms. The van der Waals surface area contributed by atoms with E-state index in [1.54, 1.807) is 0 Å². The molecule has 7 heavy (non-hydrogen) atoms. The molecule has 0 saturated carbocycles. The van der Waals surface area contributed by atoms with Crippen molar-refractivity contribution in [1.29, 1.82) is 0 Å². The normalized spacial score (nSPS) is 12.0. The molecule has 0 heterocycles. The van der Waals surface area contributed by atoms with Crippen LogP contribution in [0.3, 0.4) is 0 Å². The third-order valence-corrected chi connectivity index (χ3v) is 0.632. The highest BCUT2D eigenvalue weighted by molar-refractivity contribution is 4.12. The van der Waals surface area contributed by atoms with Crippen LogP contribution in [0, 0.1) is 0 Å². The topological polar surface area (TPSA) is 12.0 Å². The Kier molecular flexibility index (Phi) is 2.26. The molecule has 0 saturated heterocycles. The van der Waals surface area contributed by atoms with Crippen LogP contribution in [0.1, 0.15) is 6.92 Å². The second-order valence-electron chi connectivity index (χ2n) is 2.52. The van der Waals surface area contributed by atoms with Gasteiger partial charge in [-0.1, -0.05) is 0 Å². The van der Waals surface area contributed by atoms with Crippen molar-refractivity contribution in [3.63, 3.8) is 0 Å². The molecule has 0 spiro atoms. The van der Waals surface area contributed by atoms with Gasteiger partial charge in [-0.05, 0) is 6.92 Å². The van der Waals surface area contributed by atoms with Gasteiger partial charge in [-0.3, -0.25) is 4.59 Å². The zero-order valence-electron chi connectivity index (χ0n) is 5.65. The number of rotatable bonds is 2. The summed E-state index contributed by atoms with van der Waals surface area (Å²) < 4.78 is 0.844. The average Bonchev–Trinajstić information content (AvgIpc) is 1.30. The van der Waals surface area contributed by atoms with Crippen molar-refractivity contribution < 1.29 is 4.59 Å². The lowest BCUT2D eigenvalue weighted by Gasteiger charge is -2.22. The summed E-state index contributed by atoms with van der Waals surface area (Å²) in [6.45, 7) is 3.13. The molecule has 2 heteroatoms. The van der Waals surface area contributed by atoms with Crippen LogP contribution >= 0.6 is 0 Å². The molecule has 0 aliphatic carbocycles. The van der Waals surface area contributed by atoms with E-state index < -0.39 is 0 Å². The minimum absolute atomic E-state index is 0.844. The van der Waals surface area contributed by atoms with E-state index in [0.717, 1.165) is 11.1 Å². The zero-order valence-corrected chi connectivity index (χ0v) is 5.65. The maximum atomic E-state index is 3.22. The number of hydrogen-bond donors (Lipinski definition) is 1. The molecule has 0 atom stereocenters. The monoisotopic (exact) mass is 103 g/mol. The standard InChI is InChI=1S/C5H15N2/c1-5-6-7(2,3)4/h6H,5H2,1-4H3/q+1. The first-order valence-electron chi connectivity index (χ1n) is 2.63. The predicted molar refractivity (Wildman–Crippen MR) is 31.7 cm³/mol. The SMILES string of the molecule is CCN[N+](C)(C)C. The van der Waals surface area contributed by atoms with Crippen molar-refractivity contribution in [3.05, 3.63) is 0 Å². The summed E-state index contributed by atoms with van der Waals surface area (Å²) in [4.78, 5) is 0. The highest BCUT2D eigenvalue weighted by atomic mass is 15.6. The molecule has 0 aromatic heterocycles. The van der Waals surface area contributed by atoms with Crippen LogP contribution in [0.25, 0.3) is 0 Å². The van der Waals surface area contributed by atoms with Crippen molar-refractivity contribution in [1.82, 2.24) is 5.43 Å². The molecule has 0 amide bonds. The Morgan fingerprint density at radius 3 is 1.71 bits per heavy atom. The summed E-state index contributed by atoms with van der Waals surface area (Å²) in [7, 11) is 6.30. The van der Waals surface area contributed by atoms with Gasteiger partial charge in [-0.2, -0.15) is 5.43 Å². The minimum atomic E-state index is 0.844. The highest BCUT2D eigenvalue weighted by Crippen LogP contribution is 1.77. The van der Waals surface area contributed by atoms with Gasteiger partial charge in [0.25, 0.3) is 0 Å². The van der Waals surface area contributed by atoms with E-state index >= 15 is 0 Å². The molecule has 0 fully saturated rings. The Labute approximate surface area is 45.7 Å². The van der Waals surface area contributed by atoms with E-state index in [0.29, 0.717) is 0 Å². The lowest BCUT2D eigenvalue weighted by molar-refractivity contribution is -0.915. The fourth-order valence-corrected chi connectivity index (χ4v) is 0.474. The molecule has 2 nitrogen and oxygen atoms in total. The average molecular weight is 103 g/mol. The Hall–Kier alpha value is -0.0800. The summed E-state index contributed by atoms with van der Waals surface area (Å²) in [6.07, 6.45) is 0. The van der Waals surface area contributed by atoms with Gasteiger partial charge >= 0.3 is 0 Å². The van der Waals surface area contributed by atoms with E-state index in [2.05, 4.69) is 33.5 Å². The van der Waals surface area contributed by atoms with Gasteiger partial charge in [0.2, 0.25) is 0 Å². The first kappa shape index (κ1) is 6.92. The first-order chi connectivity index (χ1) is 3.06. The molecule has 0 aliphatic heterocycles. The summed E-state index contributed by atoms with van der Waals surface area (Å²) in [5.41, 5.74) is 3.22. The van der Waals surface area contributed by atoms with E-state index in [1.165, 1.54) is 0 Å². The van der Waals surface area contributed by atoms with Crippen molar-refractivity contribution >= 4 is 0 Å². The van der Waals surface area contributed by atoms with Gasteiger partial charge in [0.1, 0.15) is 0 Å². The Balaban J connectivity index is 3.15. The quantitative estimate of drug-likeness (QED) is 0.389. The van der Waals surface area contributed by atoms with Crippen molar-refractivity contribution in [2.24, 2.45) is 0 Å². The van der Waals surface area contributed by atoms with Gasteiger partial charge in [-0.25, -0.2) is 0 Å². The van der Waals surface area contributed by atoms with Gasteiger partial charge in [0.15, 0.2) is 0 Å². The third-order valence-electron chi connectivity index (χ3n) is 0.632. The van der Waals surface area contributed by atoms with Gasteiger partial charge in [0, 0.05) is 6.54 Å². The molecule has 0 aromatic rings. The lowest BCUT2D eigenvalue weighted by atomic mass is 10.7. The van der Waals surface area contributed by atoms with Crippen LogP contribution in [-0.2, 0) is 0 Å². The summed E-state index contributed by atoms with van der Waals surface area (Å²) in [6, 6.07) is 0. The van der Waals surface area contributed by atoms with Crippen molar-refractivity contribution in [2.75, 3.05) is 27.7 Å². The van der Waals surface area contributed by atoms with Crippen LogP contribution in [0.5, 0.6) is 0 Å². The fraction of sp³-hybridized carbons (Fsp3) is 1.00. The van der Waals surface area contributed by atoms with Crippen LogP contribution in [-0.4, -0.2) is 32.3 Å². The highest BCUT2D eigenvalue weighted by Gasteiger charge is 2.00. The van der Waals surface area contributed by atoms with Gasteiger partial charge in [-0.15, -0.1) is 0 Å². The third kappa shape index (κ3) is 5.92. The predicted octanol–water partition coefficient (Wildman–Crippen LogP) is 0.217. The van der Waals surface area contributed by atoms with Crippen LogP contribution in [0.15, 0.2) is 0 Å². The molecule has 0 aliphatic rings. The lowest BCUT2D eigenvalue weighted by Crippen LogP contribution is -2.47. The van der Waals surface area contributed by atoms with Gasteiger partial charge in [0.05, 0.1) is 21.1 Å². The largest absolute Gasteiger partial charge is 0.253 e. The van der Waals surface area contributed by atoms with Crippen LogP contribution < -0.4 is 5.43 Å². The van der Waals surface area contributed by atoms with Gasteiger partial charge < -0.3 is 0 Å². The minimum Gasteiger partial charge on any atom is -0.253 e. The van der Waals surface area contributed by atoms with E-state index in [4.69, 9.17) is 0 Å². The summed E-state index contributed by atoms with van der Waals surface area (Å²) in [5, 5.41) is 0. The van der Waals surface area contributed by atoms with Crippen LogP contribution in [0.2, 0.25) is 0 Å². The maximum absolute atomic E-state index is 3.22. The Morgan fingerprint density at radius 2 is 1.71 bits per heavy atom. The summed E-state index contributed by atoms with van der Waals surface area (Å²) in [5.74, 6) is 0. The second-order valence-corrected chi connectivity index (χ2v) is 2.52. The number of nitrogens with zero attached hydrogens (tertiary/aromatic N) is 1. The molecule has 0 radical (unpaired) electrons. The molecule has 44 valence electrons. The molecule has 0 aromatic carbocycles. The van der Waals surface area contributed by atoms with Crippen molar-refractivity contribution in [3.8, 4) is 0 Å². The number of nitrogens with one attached hydrogen (secondary N) is 1. The molecule has 0 unspecified atom stereocenters. The summed E-state index contributed by atoms with van der Waals surface area (Å²) >= 11 is 0.